The van der Waals surface area contributed by atoms with Crippen molar-refractivity contribution in [3.8, 4) is 11.5 Å². The molecule has 0 amide bonds. The molecule has 0 bridgehead atoms. The summed E-state index contributed by atoms with van der Waals surface area (Å²) >= 11 is 0. The van der Waals surface area contributed by atoms with Crippen LogP contribution in [-0.4, -0.2) is 13.0 Å². The molecule has 2 aromatic carbocycles. The van der Waals surface area contributed by atoms with E-state index >= 15 is 0 Å². The topological polar surface area (TPSA) is 63.6 Å². The first-order valence-electron chi connectivity index (χ1n) is 7.04. The summed E-state index contributed by atoms with van der Waals surface area (Å²) < 4.78 is 38.0. The Hall–Kier alpha value is -2.37. The van der Waals surface area contributed by atoms with Crippen molar-refractivity contribution in [1.29, 1.82) is 0 Å². The second kappa shape index (κ2) is 7.26. The molecule has 0 aliphatic rings. The Balaban J connectivity index is 2.51. The first kappa shape index (κ1) is 17.0. The van der Waals surface area contributed by atoms with Crippen LogP contribution in [0.2, 0.25) is 0 Å². The van der Waals surface area contributed by atoms with E-state index in [9.17, 15) is 13.0 Å². The molecule has 1 N–H and O–H groups in total. The zero-order valence-electron chi connectivity index (χ0n) is 12.6. The first-order valence-corrected chi connectivity index (χ1v) is 8.48. The van der Waals surface area contributed by atoms with E-state index in [2.05, 4.69) is 13.2 Å². The molecule has 0 aliphatic carbocycles. The standard InChI is InChI=1S/C18H18O4S/c1-3-8-14-10-7-12-16(15(14)9-4-2)22-17-11-5-6-13-18(17)23(19,20)21/h3-7,10-13H,1-2,8-9H2,(H,19,20,21). The zero-order valence-corrected chi connectivity index (χ0v) is 13.4. The van der Waals surface area contributed by atoms with E-state index in [1.165, 1.54) is 18.2 Å². The van der Waals surface area contributed by atoms with E-state index in [1.54, 1.807) is 24.3 Å². The summed E-state index contributed by atoms with van der Waals surface area (Å²) in [5, 5.41) is 0. The van der Waals surface area contributed by atoms with Crippen LogP contribution in [0.3, 0.4) is 0 Å². The quantitative estimate of drug-likeness (QED) is 0.611. The molecule has 5 heteroatoms. The molecule has 0 aromatic heterocycles. The van der Waals surface area contributed by atoms with Crippen LogP contribution in [0, 0.1) is 0 Å². The summed E-state index contributed by atoms with van der Waals surface area (Å²) in [7, 11) is -4.36. The van der Waals surface area contributed by atoms with Crippen LogP contribution in [0.1, 0.15) is 11.1 Å². The third-order valence-corrected chi connectivity index (χ3v) is 4.18. The van der Waals surface area contributed by atoms with Crippen molar-refractivity contribution in [3.05, 3.63) is 78.9 Å². The molecule has 0 saturated heterocycles. The molecule has 23 heavy (non-hydrogen) atoms. The van der Waals surface area contributed by atoms with Crippen LogP contribution in [-0.2, 0) is 23.0 Å². The van der Waals surface area contributed by atoms with Gasteiger partial charge in [-0.05, 0) is 36.6 Å². The molecule has 0 atom stereocenters. The number of ether oxygens (including phenoxy) is 1. The average Bonchev–Trinajstić information content (AvgIpc) is 2.50. The molecule has 4 nitrogen and oxygen atoms in total. The van der Waals surface area contributed by atoms with Gasteiger partial charge in [-0.3, -0.25) is 4.55 Å². The van der Waals surface area contributed by atoms with Gasteiger partial charge in [-0.2, -0.15) is 8.42 Å². The number of hydrogen-bond acceptors (Lipinski definition) is 3. The molecule has 0 fully saturated rings. The third kappa shape index (κ3) is 4.09. The maximum atomic E-state index is 11.5. The summed E-state index contributed by atoms with van der Waals surface area (Å²) in [5.74, 6) is 0.608. The summed E-state index contributed by atoms with van der Waals surface area (Å²) in [6, 6.07) is 11.5. The van der Waals surface area contributed by atoms with Gasteiger partial charge in [0.15, 0.2) is 0 Å². The Kier molecular flexibility index (Phi) is 5.36. The van der Waals surface area contributed by atoms with Crippen LogP contribution in [0.15, 0.2) is 72.7 Å². The number of hydrogen-bond donors (Lipinski definition) is 1. The van der Waals surface area contributed by atoms with Gasteiger partial charge < -0.3 is 4.74 Å². The highest BCUT2D eigenvalue weighted by molar-refractivity contribution is 7.86. The summed E-state index contributed by atoms with van der Waals surface area (Å²) in [6.45, 7) is 7.48. The predicted octanol–water partition coefficient (Wildman–Crippen LogP) is 4.18. The van der Waals surface area contributed by atoms with Gasteiger partial charge in [-0.1, -0.05) is 36.4 Å². The molecule has 120 valence electrons. The van der Waals surface area contributed by atoms with Crippen molar-refractivity contribution in [2.45, 2.75) is 17.7 Å². The molecule has 2 rings (SSSR count). The Morgan fingerprint density at radius 1 is 0.957 bits per heavy atom. The fourth-order valence-corrected chi connectivity index (χ4v) is 2.91. The Labute approximate surface area is 136 Å². The summed E-state index contributed by atoms with van der Waals surface area (Å²) in [6.07, 6.45) is 4.79. The normalized spacial score (nSPS) is 11.0. The molecule has 0 heterocycles. The van der Waals surface area contributed by atoms with Crippen LogP contribution < -0.4 is 4.74 Å². The smallest absolute Gasteiger partial charge is 0.298 e. The lowest BCUT2D eigenvalue weighted by atomic mass is 10.0. The van der Waals surface area contributed by atoms with Gasteiger partial charge in [-0.25, -0.2) is 0 Å². The minimum absolute atomic E-state index is 0.0797. The second-order valence-corrected chi connectivity index (χ2v) is 6.29. The van der Waals surface area contributed by atoms with E-state index in [0.717, 1.165) is 11.1 Å². The number of benzene rings is 2. The van der Waals surface area contributed by atoms with Crippen molar-refractivity contribution in [2.24, 2.45) is 0 Å². The molecule has 0 radical (unpaired) electrons. The lowest BCUT2D eigenvalue weighted by molar-refractivity contribution is 0.447. The largest absolute Gasteiger partial charge is 0.456 e. The van der Waals surface area contributed by atoms with Gasteiger partial charge in [0.2, 0.25) is 0 Å². The Morgan fingerprint density at radius 3 is 2.26 bits per heavy atom. The lowest BCUT2D eigenvalue weighted by Gasteiger charge is -2.15. The molecule has 0 spiro atoms. The van der Waals surface area contributed by atoms with Crippen LogP contribution in [0.4, 0.5) is 0 Å². The number of allylic oxidation sites excluding steroid dienone is 2. The fraction of sp³-hybridized carbons (Fsp3) is 0.111. The summed E-state index contributed by atoms with van der Waals surface area (Å²) in [5.41, 5.74) is 1.94. The molecule has 0 saturated carbocycles. The van der Waals surface area contributed by atoms with Crippen LogP contribution >= 0.6 is 0 Å². The van der Waals surface area contributed by atoms with Gasteiger partial charge in [0.05, 0.1) is 0 Å². The number of para-hydroxylation sites is 1. The minimum Gasteiger partial charge on any atom is -0.456 e. The molecule has 0 aliphatic heterocycles. The lowest BCUT2D eigenvalue weighted by Crippen LogP contribution is -2.02. The predicted molar refractivity (Wildman–Crippen MR) is 90.6 cm³/mol. The van der Waals surface area contributed by atoms with Crippen molar-refractivity contribution < 1.29 is 17.7 Å². The Morgan fingerprint density at radius 2 is 1.61 bits per heavy atom. The van der Waals surface area contributed by atoms with Gasteiger partial charge in [0.25, 0.3) is 10.1 Å². The van der Waals surface area contributed by atoms with Gasteiger partial charge >= 0.3 is 0 Å². The molecule has 0 unspecified atom stereocenters. The average molecular weight is 330 g/mol. The van der Waals surface area contributed by atoms with Gasteiger partial charge in [-0.15, -0.1) is 13.2 Å². The minimum atomic E-state index is -4.36. The van der Waals surface area contributed by atoms with Crippen LogP contribution in [0.5, 0.6) is 11.5 Å². The summed E-state index contributed by atoms with van der Waals surface area (Å²) in [4.78, 5) is -0.265. The van der Waals surface area contributed by atoms with E-state index < -0.39 is 10.1 Å². The van der Waals surface area contributed by atoms with Crippen molar-refractivity contribution >= 4 is 10.1 Å². The molecular formula is C18H18O4S. The maximum Gasteiger partial charge on any atom is 0.298 e. The van der Waals surface area contributed by atoms with Crippen molar-refractivity contribution in [2.75, 3.05) is 0 Å². The van der Waals surface area contributed by atoms with Gasteiger partial charge in [0.1, 0.15) is 16.4 Å². The highest BCUT2D eigenvalue weighted by Crippen LogP contribution is 2.32. The van der Waals surface area contributed by atoms with E-state index in [0.29, 0.717) is 18.6 Å². The highest BCUT2D eigenvalue weighted by atomic mass is 32.2. The Bertz CT molecular complexity index is 823. The monoisotopic (exact) mass is 330 g/mol. The first-order chi connectivity index (χ1) is 11.0. The zero-order chi connectivity index (χ0) is 16.9. The fourth-order valence-electron chi connectivity index (χ4n) is 2.30. The SMILES string of the molecule is C=CCc1cccc(Oc2ccccc2S(=O)(=O)O)c1CC=C. The third-order valence-electron chi connectivity index (χ3n) is 3.29. The van der Waals surface area contributed by atoms with Crippen molar-refractivity contribution in [3.63, 3.8) is 0 Å². The van der Waals surface area contributed by atoms with Crippen LogP contribution in [0.25, 0.3) is 0 Å². The highest BCUT2D eigenvalue weighted by Gasteiger charge is 2.18. The van der Waals surface area contributed by atoms with Gasteiger partial charge in [0, 0.05) is 5.56 Å². The molecular weight excluding hydrogens is 312 g/mol. The van der Waals surface area contributed by atoms with E-state index in [1.807, 2.05) is 12.1 Å². The molecule has 2 aromatic rings. The van der Waals surface area contributed by atoms with E-state index in [4.69, 9.17) is 4.74 Å². The number of rotatable bonds is 7. The second-order valence-electron chi connectivity index (χ2n) is 4.90. The maximum absolute atomic E-state index is 11.5. The van der Waals surface area contributed by atoms with E-state index in [-0.39, 0.29) is 10.6 Å². The van der Waals surface area contributed by atoms with Crippen molar-refractivity contribution in [1.82, 2.24) is 0 Å².